The molecule has 6 heteroatoms. The quantitative estimate of drug-likeness (QED) is 0.693. The van der Waals surface area contributed by atoms with E-state index in [9.17, 15) is 9.59 Å². The maximum absolute atomic E-state index is 13.2. The van der Waals surface area contributed by atoms with E-state index in [2.05, 4.69) is 11.1 Å². The van der Waals surface area contributed by atoms with E-state index in [1.54, 1.807) is 12.3 Å². The van der Waals surface area contributed by atoms with Crippen LogP contribution in [0.15, 0.2) is 60.9 Å². The van der Waals surface area contributed by atoms with Crippen LogP contribution in [0.25, 0.3) is 10.9 Å². The number of fused-ring (bicyclic) bond motifs is 5. The topological polar surface area (TPSA) is 58.4 Å². The first-order chi connectivity index (χ1) is 14.2. The van der Waals surface area contributed by atoms with Gasteiger partial charge in [-0.3, -0.25) is 14.6 Å². The molecule has 2 aromatic heterocycles. The lowest BCUT2D eigenvalue weighted by molar-refractivity contribution is -0.135. The number of piperidine rings is 1. The number of pyridine rings is 1. The van der Waals surface area contributed by atoms with E-state index in [0.717, 1.165) is 30.3 Å². The van der Waals surface area contributed by atoms with E-state index in [0.29, 0.717) is 31.2 Å². The second-order valence-corrected chi connectivity index (χ2v) is 8.07. The minimum Gasteiger partial charge on any atom is -0.338 e. The third kappa shape index (κ3) is 3.39. The zero-order valence-corrected chi connectivity index (χ0v) is 16.3. The van der Waals surface area contributed by atoms with E-state index in [4.69, 9.17) is 0 Å². The van der Waals surface area contributed by atoms with Gasteiger partial charge in [-0.15, -0.1) is 0 Å². The highest BCUT2D eigenvalue weighted by atomic mass is 16.2. The summed E-state index contributed by atoms with van der Waals surface area (Å²) in [6.07, 6.45) is 5.65. The first-order valence-electron chi connectivity index (χ1n) is 10.2. The Bertz CT molecular complexity index is 1050. The Hall–Kier alpha value is -3.15. The molecule has 3 aliphatic rings. The average molecular weight is 388 g/mol. The lowest BCUT2D eigenvalue weighted by atomic mass is 9.95. The van der Waals surface area contributed by atoms with Gasteiger partial charge >= 0.3 is 0 Å². The Morgan fingerprint density at radius 2 is 1.83 bits per heavy atom. The van der Waals surface area contributed by atoms with Crippen LogP contribution in [0.5, 0.6) is 0 Å². The van der Waals surface area contributed by atoms with Crippen molar-refractivity contribution in [2.24, 2.45) is 5.92 Å². The number of carbonyl (C=O) groups excluding carboxylic acids is 2. The third-order valence-corrected chi connectivity index (χ3v) is 6.19. The molecule has 2 atom stereocenters. The number of nitrogens with zero attached hydrogens (tertiary/aromatic N) is 4. The van der Waals surface area contributed by atoms with Gasteiger partial charge in [0, 0.05) is 43.6 Å². The number of aromatic nitrogens is 2. The Balaban J connectivity index is 1.33. The van der Waals surface area contributed by atoms with Crippen molar-refractivity contribution in [2.75, 3.05) is 19.6 Å². The van der Waals surface area contributed by atoms with Crippen molar-refractivity contribution in [3.05, 3.63) is 66.6 Å². The van der Waals surface area contributed by atoms with Gasteiger partial charge in [0.2, 0.25) is 5.91 Å². The molecular weight excluding hydrogens is 364 g/mol. The highest BCUT2D eigenvalue weighted by molar-refractivity contribution is 5.92. The zero-order valence-electron chi connectivity index (χ0n) is 16.3. The molecule has 3 fully saturated rings. The monoisotopic (exact) mass is 388 g/mol. The number of hydrogen-bond donors (Lipinski definition) is 0. The van der Waals surface area contributed by atoms with E-state index in [1.165, 1.54) is 0 Å². The summed E-state index contributed by atoms with van der Waals surface area (Å²) in [5.74, 6) is 0.424. The molecule has 29 heavy (non-hydrogen) atoms. The highest BCUT2D eigenvalue weighted by Gasteiger charge is 2.38. The van der Waals surface area contributed by atoms with Crippen molar-refractivity contribution in [1.82, 2.24) is 19.4 Å². The first kappa shape index (κ1) is 17.9. The van der Waals surface area contributed by atoms with Crippen molar-refractivity contribution in [3.8, 4) is 0 Å². The number of benzene rings is 1. The van der Waals surface area contributed by atoms with Crippen LogP contribution >= 0.6 is 0 Å². The normalized spacial score (nSPS) is 21.4. The standard InChI is InChI=1S/C23H24N4O2/c28-22(16-25-12-10-18-5-1-2-7-21(18)25)27-14-17-8-9-19(27)15-26(13-17)23(29)20-6-3-4-11-24-20/h1-7,10-12,17,19H,8-9,13-16H2/t17-,19+/m1/s1. The first-order valence-corrected chi connectivity index (χ1v) is 10.2. The molecule has 0 unspecified atom stereocenters. The number of rotatable bonds is 3. The van der Waals surface area contributed by atoms with E-state index in [-0.39, 0.29) is 17.9 Å². The molecule has 2 amide bonds. The van der Waals surface area contributed by atoms with Crippen molar-refractivity contribution in [3.63, 3.8) is 0 Å². The van der Waals surface area contributed by atoms with E-state index < -0.39 is 0 Å². The minimum atomic E-state index is -0.0341. The maximum atomic E-state index is 13.2. The van der Waals surface area contributed by atoms with Crippen LogP contribution in [0.2, 0.25) is 0 Å². The molecule has 0 spiro atoms. The molecule has 6 nitrogen and oxygen atoms in total. The van der Waals surface area contributed by atoms with Gasteiger partial charge in [0.1, 0.15) is 12.2 Å². The number of carbonyl (C=O) groups is 2. The molecular formula is C23H24N4O2. The minimum absolute atomic E-state index is 0.0341. The predicted molar refractivity (Wildman–Crippen MR) is 110 cm³/mol. The molecule has 148 valence electrons. The van der Waals surface area contributed by atoms with Crippen LogP contribution in [0.4, 0.5) is 0 Å². The zero-order chi connectivity index (χ0) is 19.8. The van der Waals surface area contributed by atoms with Crippen molar-refractivity contribution in [1.29, 1.82) is 0 Å². The predicted octanol–water partition coefficient (Wildman–Crippen LogP) is 2.80. The lowest BCUT2D eigenvalue weighted by Crippen LogP contribution is -2.48. The van der Waals surface area contributed by atoms with E-state index in [1.807, 2.05) is 57.0 Å². The summed E-state index contributed by atoms with van der Waals surface area (Å²) in [6.45, 7) is 2.35. The van der Waals surface area contributed by atoms with E-state index >= 15 is 0 Å². The van der Waals surface area contributed by atoms with Gasteiger partial charge in [-0.2, -0.15) is 0 Å². The third-order valence-electron chi connectivity index (χ3n) is 6.19. The smallest absolute Gasteiger partial charge is 0.272 e. The summed E-state index contributed by atoms with van der Waals surface area (Å²) in [5.41, 5.74) is 1.55. The Labute approximate surface area is 169 Å². The molecule has 0 aliphatic carbocycles. The van der Waals surface area contributed by atoms with Gasteiger partial charge in [-0.25, -0.2) is 0 Å². The molecule has 3 aliphatic heterocycles. The van der Waals surface area contributed by atoms with Crippen molar-refractivity contribution in [2.45, 2.75) is 25.4 Å². The second-order valence-electron chi connectivity index (χ2n) is 8.07. The van der Waals surface area contributed by atoms with Crippen molar-refractivity contribution < 1.29 is 9.59 Å². The van der Waals surface area contributed by atoms with Gasteiger partial charge < -0.3 is 14.4 Å². The summed E-state index contributed by atoms with van der Waals surface area (Å²) in [4.78, 5) is 34.2. The molecule has 5 heterocycles. The van der Waals surface area contributed by atoms with Crippen LogP contribution in [-0.2, 0) is 11.3 Å². The SMILES string of the molecule is O=C(c1ccccn1)N1C[C@H]2CC[C@@H](C1)N(C(=O)Cn1ccc3ccccc31)C2. The number of para-hydroxylation sites is 1. The largest absolute Gasteiger partial charge is 0.338 e. The summed E-state index contributed by atoms with van der Waals surface area (Å²) >= 11 is 0. The highest BCUT2D eigenvalue weighted by Crippen LogP contribution is 2.29. The molecule has 3 aromatic rings. The summed E-state index contributed by atoms with van der Waals surface area (Å²) in [6, 6.07) is 15.7. The van der Waals surface area contributed by atoms with Gasteiger partial charge in [0.15, 0.2) is 0 Å². The number of amides is 2. The summed E-state index contributed by atoms with van der Waals surface area (Å²) in [7, 11) is 0. The average Bonchev–Trinajstić information content (AvgIpc) is 2.94. The van der Waals surface area contributed by atoms with Crippen LogP contribution in [0, 0.1) is 5.92 Å². The fourth-order valence-corrected chi connectivity index (χ4v) is 4.72. The second kappa shape index (κ2) is 7.35. The Morgan fingerprint density at radius 1 is 0.966 bits per heavy atom. The molecule has 2 bridgehead atoms. The molecule has 6 rings (SSSR count). The maximum Gasteiger partial charge on any atom is 0.272 e. The van der Waals surface area contributed by atoms with Crippen LogP contribution in [0.1, 0.15) is 23.3 Å². The molecule has 1 aromatic carbocycles. The molecule has 0 saturated carbocycles. The molecule has 0 N–H and O–H groups in total. The lowest BCUT2D eigenvalue weighted by Gasteiger charge is -2.36. The van der Waals surface area contributed by atoms with Gasteiger partial charge in [-0.1, -0.05) is 24.3 Å². The van der Waals surface area contributed by atoms with Crippen LogP contribution < -0.4 is 0 Å². The Kier molecular flexibility index (Phi) is 4.54. The summed E-state index contributed by atoms with van der Waals surface area (Å²) in [5, 5.41) is 1.14. The van der Waals surface area contributed by atoms with Gasteiger partial charge in [0.25, 0.3) is 5.91 Å². The van der Waals surface area contributed by atoms with Crippen LogP contribution in [-0.4, -0.2) is 56.8 Å². The Morgan fingerprint density at radius 3 is 2.69 bits per heavy atom. The van der Waals surface area contributed by atoms with Crippen LogP contribution in [0.3, 0.4) is 0 Å². The fraction of sp³-hybridized carbons (Fsp3) is 0.348. The van der Waals surface area contributed by atoms with Crippen molar-refractivity contribution >= 4 is 22.7 Å². The van der Waals surface area contributed by atoms with Gasteiger partial charge in [0.05, 0.1) is 0 Å². The fourth-order valence-electron chi connectivity index (χ4n) is 4.72. The molecule has 3 saturated heterocycles. The number of hydrogen-bond acceptors (Lipinski definition) is 3. The molecule has 0 radical (unpaired) electrons. The van der Waals surface area contributed by atoms with Gasteiger partial charge in [-0.05, 0) is 48.4 Å². The summed E-state index contributed by atoms with van der Waals surface area (Å²) < 4.78 is 2.02.